The van der Waals surface area contributed by atoms with Gasteiger partial charge in [0.05, 0.1) is 54.9 Å². The Bertz CT molecular complexity index is 1570. The number of nitrogens with zero attached hydrogens (tertiary/aromatic N) is 1. The highest BCUT2D eigenvalue weighted by Gasteiger charge is 2.21. The molecule has 37 heavy (non-hydrogen) atoms. The molecule has 0 saturated heterocycles. The Kier molecular flexibility index (Phi) is 7.82. The van der Waals surface area contributed by atoms with Crippen LogP contribution in [-0.2, 0) is 19.1 Å². The predicted octanol–water partition coefficient (Wildman–Crippen LogP) is 0.794. The lowest BCUT2D eigenvalue weighted by atomic mass is 10.1. The molecule has 192 valence electrons. The van der Waals surface area contributed by atoms with Crippen molar-refractivity contribution >= 4 is 51.7 Å². The van der Waals surface area contributed by atoms with Gasteiger partial charge in [-0.1, -0.05) is 0 Å². The van der Waals surface area contributed by atoms with E-state index in [0.717, 1.165) is 14.0 Å². The second-order valence-electron chi connectivity index (χ2n) is 7.33. The summed E-state index contributed by atoms with van der Waals surface area (Å²) in [5.74, 6) is -3.07. The molecule has 1 aromatic heterocycles. The number of H-pyrrole nitrogens is 2. The average molecular weight is 511 g/mol. The first-order chi connectivity index (χ1) is 17.6. The van der Waals surface area contributed by atoms with Gasteiger partial charge in [-0.2, -0.15) is 5.10 Å². The number of anilines is 2. The third kappa shape index (κ3) is 5.70. The zero-order valence-corrected chi connectivity index (χ0v) is 20.0. The van der Waals surface area contributed by atoms with Crippen molar-refractivity contribution in [2.24, 2.45) is 5.10 Å². The fourth-order valence-electron chi connectivity index (χ4n) is 3.17. The third-order valence-corrected chi connectivity index (χ3v) is 4.97. The molecule has 3 rings (SSSR count). The van der Waals surface area contributed by atoms with Crippen molar-refractivity contribution in [3.05, 3.63) is 62.2 Å². The van der Waals surface area contributed by atoms with E-state index >= 15 is 0 Å². The normalized spacial score (nSPS) is 11.0. The van der Waals surface area contributed by atoms with Gasteiger partial charge in [-0.05, 0) is 24.3 Å². The highest BCUT2D eigenvalue weighted by molar-refractivity contribution is 6.67. The van der Waals surface area contributed by atoms with E-state index in [4.69, 9.17) is 9.47 Å². The number of Topliss-reactive ketones (excluding diaryl/α,β-unsaturated/α-hetero) is 1. The Labute approximate surface area is 207 Å². The number of nitrogens with one attached hydrogen (secondary N) is 4. The maximum Gasteiger partial charge on any atom is 0.340 e. The van der Waals surface area contributed by atoms with Gasteiger partial charge in [0, 0.05) is 13.0 Å². The van der Waals surface area contributed by atoms with Crippen LogP contribution in [0.3, 0.4) is 0 Å². The van der Waals surface area contributed by atoms with E-state index in [1.165, 1.54) is 44.6 Å². The summed E-state index contributed by atoms with van der Waals surface area (Å²) in [6, 6.07) is 6.54. The molecule has 0 aliphatic heterocycles. The number of methoxy groups -OCH3 is 3. The molecule has 0 saturated carbocycles. The Morgan fingerprint density at radius 2 is 1.46 bits per heavy atom. The molecule has 14 nitrogen and oxygen atoms in total. The van der Waals surface area contributed by atoms with Crippen LogP contribution < -0.4 is 26.6 Å². The number of esters is 2. The van der Waals surface area contributed by atoms with E-state index in [9.17, 15) is 28.8 Å². The number of rotatable bonds is 8. The molecule has 1 heterocycles. The Hall–Kier alpha value is -5.27. The SMILES string of the molecule is COC(=O)c1ccc(C(=O)OC)c(N/N=C(/C(C)=O)C(=O)Nc2cc3[nH]c(=O)c(=O)[nH]c3cc2OC)c1. The summed E-state index contributed by atoms with van der Waals surface area (Å²) < 4.78 is 14.6. The van der Waals surface area contributed by atoms with Crippen LogP contribution in [0, 0.1) is 0 Å². The van der Waals surface area contributed by atoms with Gasteiger partial charge in [-0.15, -0.1) is 0 Å². The number of benzene rings is 2. The Balaban J connectivity index is 1.99. The standard InChI is InChI=1S/C23H21N5O9/c1-10(29)18(28-27-13-7-11(22(33)36-3)5-6-12(13)23(34)37-4)19(30)26-16-8-14-15(9-17(16)35-2)25-21(32)20(31)24-14/h5-9,27H,1-4H3,(H,24,31)(H,25,32)(H,26,30)/b28-18-. The Morgan fingerprint density at radius 3 is 2.03 bits per heavy atom. The largest absolute Gasteiger partial charge is 0.494 e. The first-order valence-corrected chi connectivity index (χ1v) is 10.4. The topological polar surface area (TPSA) is 198 Å². The summed E-state index contributed by atoms with van der Waals surface area (Å²) in [4.78, 5) is 77.2. The molecule has 0 spiro atoms. The van der Waals surface area contributed by atoms with Crippen molar-refractivity contribution in [2.45, 2.75) is 6.92 Å². The minimum Gasteiger partial charge on any atom is -0.494 e. The molecule has 14 heteroatoms. The molecule has 4 N–H and O–H groups in total. The lowest BCUT2D eigenvalue weighted by Gasteiger charge is -2.13. The van der Waals surface area contributed by atoms with Crippen molar-refractivity contribution in [3.8, 4) is 5.75 Å². The fourth-order valence-corrected chi connectivity index (χ4v) is 3.17. The number of carbonyl (C=O) groups is 4. The highest BCUT2D eigenvalue weighted by atomic mass is 16.5. The van der Waals surface area contributed by atoms with E-state index in [1.54, 1.807) is 0 Å². The van der Waals surface area contributed by atoms with E-state index in [2.05, 4.69) is 30.5 Å². The molecule has 0 radical (unpaired) electrons. The van der Waals surface area contributed by atoms with Crippen LogP contribution >= 0.6 is 0 Å². The summed E-state index contributed by atoms with van der Waals surface area (Å²) in [6.45, 7) is 1.09. The summed E-state index contributed by atoms with van der Waals surface area (Å²) >= 11 is 0. The van der Waals surface area contributed by atoms with Crippen molar-refractivity contribution in [1.29, 1.82) is 0 Å². The van der Waals surface area contributed by atoms with E-state index in [1.807, 2.05) is 0 Å². The number of carbonyl (C=O) groups excluding carboxylic acids is 4. The summed E-state index contributed by atoms with van der Waals surface area (Å²) in [5.41, 5.74) is 0.549. The maximum absolute atomic E-state index is 12.9. The van der Waals surface area contributed by atoms with Crippen molar-refractivity contribution in [1.82, 2.24) is 9.97 Å². The van der Waals surface area contributed by atoms with Crippen molar-refractivity contribution < 1.29 is 33.4 Å². The summed E-state index contributed by atoms with van der Waals surface area (Å²) in [7, 11) is 3.64. The smallest absolute Gasteiger partial charge is 0.340 e. The van der Waals surface area contributed by atoms with E-state index < -0.39 is 40.5 Å². The number of aromatic amines is 2. The maximum atomic E-state index is 12.9. The molecule has 0 bridgehead atoms. The van der Waals surface area contributed by atoms with Gasteiger partial charge in [-0.3, -0.25) is 24.6 Å². The molecule has 2 aromatic carbocycles. The second kappa shape index (κ2) is 11.0. The minimum absolute atomic E-state index is 0.0311. The van der Waals surface area contributed by atoms with E-state index in [0.29, 0.717) is 0 Å². The van der Waals surface area contributed by atoms with Crippen LogP contribution in [0.25, 0.3) is 11.0 Å². The number of ketones is 1. The minimum atomic E-state index is -0.965. The van der Waals surface area contributed by atoms with Gasteiger partial charge >= 0.3 is 23.1 Å². The number of amides is 1. The Morgan fingerprint density at radius 1 is 0.838 bits per heavy atom. The molecule has 0 aliphatic rings. The number of aromatic nitrogens is 2. The lowest BCUT2D eigenvalue weighted by molar-refractivity contribution is -0.114. The van der Waals surface area contributed by atoms with Crippen LogP contribution in [0.15, 0.2) is 45.0 Å². The summed E-state index contributed by atoms with van der Waals surface area (Å²) in [5, 5.41) is 6.29. The second-order valence-corrected chi connectivity index (χ2v) is 7.33. The molecule has 0 aliphatic carbocycles. The van der Waals surface area contributed by atoms with Crippen LogP contribution in [0.2, 0.25) is 0 Å². The number of hydrogen-bond donors (Lipinski definition) is 4. The van der Waals surface area contributed by atoms with Crippen molar-refractivity contribution in [3.63, 3.8) is 0 Å². The van der Waals surface area contributed by atoms with Crippen LogP contribution in [0.4, 0.5) is 11.4 Å². The zero-order valence-electron chi connectivity index (χ0n) is 20.0. The molecule has 0 unspecified atom stereocenters. The van der Waals surface area contributed by atoms with Crippen LogP contribution in [-0.4, -0.2) is 60.6 Å². The van der Waals surface area contributed by atoms with E-state index in [-0.39, 0.29) is 39.3 Å². The first-order valence-electron chi connectivity index (χ1n) is 10.4. The third-order valence-electron chi connectivity index (χ3n) is 4.97. The fraction of sp³-hybridized carbons (Fsp3) is 0.174. The lowest BCUT2D eigenvalue weighted by Crippen LogP contribution is -2.30. The van der Waals surface area contributed by atoms with Gasteiger partial charge in [0.25, 0.3) is 5.91 Å². The van der Waals surface area contributed by atoms with Gasteiger partial charge in [0.15, 0.2) is 11.5 Å². The summed E-state index contributed by atoms with van der Waals surface area (Å²) in [6.07, 6.45) is 0. The highest BCUT2D eigenvalue weighted by Crippen LogP contribution is 2.28. The molecule has 0 atom stereocenters. The predicted molar refractivity (Wildman–Crippen MR) is 131 cm³/mol. The number of fused-ring (bicyclic) bond motifs is 1. The van der Waals surface area contributed by atoms with Crippen LogP contribution in [0.1, 0.15) is 27.6 Å². The van der Waals surface area contributed by atoms with Crippen LogP contribution in [0.5, 0.6) is 5.75 Å². The molecule has 3 aromatic rings. The zero-order chi connectivity index (χ0) is 27.3. The molecule has 1 amide bonds. The number of hydrogen-bond acceptors (Lipinski definition) is 11. The monoisotopic (exact) mass is 511 g/mol. The average Bonchev–Trinajstić information content (AvgIpc) is 2.88. The number of ether oxygens (including phenoxy) is 3. The quantitative estimate of drug-likeness (QED) is 0.110. The first kappa shape index (κ1) is 26.3. The van der Waals surface area contributed by atoms with Gasteiger partial charge in [0.1, 0.15) is 5.75 Å². The van der Waals surface area contributed by atoms with Gasteiger partial charge in [0.2, 0.25) is 0 Å². The van der Waals surface area contributed by atoms with Gasteiger partial charge < -0.3 is 29.5 Å². The number of hydrazone groups is 1. The van der Waals surface area contributed by atoms with Gasteiger partial charge in [-0.25, -0.2) is 9.59 Å². The molecular weight excluding hydrogens is 490 g/mol. The molecule has 0 fully saturated rings. The molecular formula is C23H21N5O9. The van der Waals surface area contributed by atoms with Crippen molar-refractivity contribution in [2.75, 3.05) is 32.1 Å².